The molecule has 0 saturated heterocycles. The van der Waals surface area contributed by atoms with Gasteiger partial charge in [0.1, 0.15) is 12.2 Å². The summed E-state index contributed by atoms with van der Waals surface area (Å²) in [5.74, 6) is 0. The van der Waals surface area contributed by atoms with Crippen molar-refractivity contribution in [3.8, 4) is 0 Å². The second-order valence-corrected chi connectivity index (χ2v) is 7.13. The molecule has 0 aromatic carbocycles. The highest BCUT2D eigenvalue weighted by atomic mass is 16.7. The van der Waals surface area contributed by atoms with Gasteiger partial charge in [0.15, 0.2) is 0 Å². The van der Waals surface area contributed by atoms with Gasteiger partial charge in [0.2, 0.25) is 0 Å². The van der Waals surface area contributed by atoms with Gasteiger partial charge in [-0.3, -0.25) is 0 Å². The number of hydrogen-bond donors (Lipinski definition) is 0. The van der Waals surface area contributed by atoms with Crippen LogP contribution in [0.25, 0.3) is 0 Å². The normalized spacial score (nSPS) is 24.0. The predicted octanol–water partition coefficient (Wildman–Crippen LogP) is 6.15. The summed E-state index contributed by atoms with van der Waals surface area (Å²) in [5, 5.41) is 0. The molecule has 0 aromatic rings. The molecule has 0 spiro atoms. The molecule has 0 aliphatic heterocycles. The first-order valence-electron chi connectivity index (χ1n) is 9.72. The first-order valence-corrected chi connectivity index (χ1v) is 9.72. The van der Waals surface area contributed by atoms with Crippen molar-refractivity contribution in [1.29, 1.82) is 0 Å². The molecule has 0 N–H and O–H groups in total. The van der Waals surface area contributed by atoms with E-state index >= 15 is 0 Å². The monoisotopic (exact) mass is 310 g/mol. The molecule has 2 aliphatic rings. The molecule has 0 heterocycles. The van der Waals surface area contributed by atoms with Crippen LogP contribution in [-0.2, 0) is 9.47 Å². The number of hydrogen-bond acceptors (Lipinski definition) is 3. The highest BCUT2D eigenvalue weighted by molar-refractivity contribution is 5.60. The van der Waals surface area contributed by atoms with Crippen LogP contribution in [0.3, 0.4) is 0 Å². The zero-order chi connectivity index (χ0) is 15.5. The van der Waals surface area contributed by atoms with Gasteiger partial charge in [0.05, 0.1) is 0 Å². The highest BCUT2D eigenvalue weighted by Crippen LogP contribution is 2.22. The quantitative estimate of drug-likeness (QED) is 0.574. The van der Waals surface area contributed by atoms with Crippen molar-refractivity contribution in [3.05, 3.63) is 0 Å². The molecule has 3 heteroatoms. The van der Waals surface area contributed by atoms with E-state index in [1.54, 1.807) is 0 Å². The molecule has 0 aromatic heterocycles. The predicted molar refractivity (Wildman–Crippen MR) is 89.0 cm³/mol. The van der Waals surface area contributed by atoms with Gasteiger partial charge in [-0.2, -0.15) is 0 Å². The molecule has 2 aliphatic carbocycles. The van der Waals surface area contributed by atoms with Crippen molar-refractivity contribution in [1.82, 2.24) is 0 Å². The van der Waals surface area contributed by atoms with Gasteiger partial charge in [-0.1, -0.05) is 51.4 Å². The van der Waals surface area contributed by atoms with Crippen molar-refractivity contribution in [3.63, 3.8) is 0 Å². The molecule has 2 fully saturated rings. The van der Waals surface area contributed by atoms with Crippen LogP contribution in [0.2, 0.25) is 0 Å². The third-order valence-electron chi connectivity index (χ3n) is 5.13. The minimum atomic E-state index is -0.413. The Bertz CT molecular complexity index is 285. The summed E-state index contributed by atoms with van der Waals surface area (Å²) in [6.45, 7) is 0. The van der Waals surface area contributed by atoms with Gasteiger partial charge in [0.25, 0.3) is 0 Å². The lowest BCUT2D eigenvalue weighted by molar-refractivity contribution is -0.0156. The zero-order valence-electron chi connectivity index (χ0n) is 14.2. The van der Waals surface area contributed by atoms with E-state index in [4.69, 9.17) is 9.47 Å². The van der Waals surface area contributed by atoms with Crippen molar-refractivity contribution >= 4 is 6.16 Å². The first-order chi connectivity index (χ1) is 10.8. The van der Waals surface area contributed by atoms with Crippen molar-refractivity contribution < 1.29 is 14.3 Å². The minimum absolute atomic E-state index is 0.0792. The maximum Gasteiger partial charge on any atom is 0.508 e. The SMILES string of the molecule is O=C(OC1CCCCCCCCCCC1)OC1CCCCC1. The van der Waals surface area contributed by atoms with Gasteiger partial charge in [0, 0.05) is 0 Å². The molecule has 0 radical (unpaired) electrons. The Kier molecular flexibility index (Phi) is 8.74. The fourth-order valence-electron chi connectivity index (χ4n) is 3.73. The molecule has 128 valence electrons. The Hall–Kier alpha value is -0.730. The van der Waals surface area contributed by atoms with E-state index in [1.165, 1.54) is 77.0 Å². The van der Waals surface area contributed by atoms with Crippen LogP contribution < -0.4 is 0 Å². The molecule has 22 heavy (non-hydrogen) atoms. The van der Waals surface area contributed by atoms with E-state index in [1.807, 2.05) is 0 Å². The summed E-state index contributed by atoms with van der Waals surface area (Å²) in [6, 6.07) is 0. The topological polar surface area (TPSA) is 35.5 Å². The molecule has 0 unspecified atom stereocenters. The number of carbonyl (C=O) groups is 1. The Labute approximate surface area is 136 Å². The van der Waals surface area contributed by atoms with Crippen LogP contribution in [0, 0.1) is 0 Å². The fraction of sp³-hybridized carbons (Fsp3) is 0.947. The van der Waals surface area contributed by atoms with Gasteiger partial charge in [-0.25, -0.2) is 4.79 Å². The lowest BCUT2D eigenvalue weighted by Crippen LogP contribution is -2.25. The van der Waals surface area contributed by atoms with Crippen molar-refractivity contribution in [2.24, 2.45) is 0 Å². The number of carbonyl (C=O) groups excluding carboxylic acids is 1. The van der Waals surface area contributed by atoms with E-state index in [-0.39, 0.29) is 12.2 Å². The molecule has 0 atom stereocenters. The first kappa shape index (κ1) is 17.6. The smallest absolute Gasteiger partial charge is 0.431 e. The minimum Gasteiger partial charge on any atom is -0.431 e. The fourth-order valence-corrected chi connectivity index (χ4v) is 3.73. The number of rotatable bonds is 2. The highest BCUT2D eigenvalue weighted by Gasteiger charge is 2.21. The summed E-state index contributed by atoms with van der Waals surface area (Å²) in [7, 11) is 0. The van der Waals surface area contributed by atoms with Crippen molar-refractivity contribution in [2.75, 3.05) is 0 Å². The Morgan fingerprint density at radius 2 is 0.773 bits per heavy atom. The van der Waals surface area contributed by atoms with Gasteiger partial charge >= 0.3 is 6.16 Å². The van der Waals surface area contributed by atoms with Crippen LogP contribution in [0.1, 0.15) is 103 Å². The van der Waals surface area contributed by atoms with E-state index in [2.05, 4.69) is 0 Å². The second kappa shape index (κ2) is 10.9. The molecular formula is C19H34O3. The molecule has 0 bridgehead atoms. The Balaban J connectivity index is 1.70. The van der Waals surface area contributed by atoms with Crippen LogP contribution >= 0.6 is 0 Å². The Morgan fingerprint density at radius 3 is 1.14 bits per heavy atom. The standard InChI is InChI=1S/C19H34O3/c20-19(22-18-15-11-8-12-16-18)21-17-13-9-6-4-2-1-3-5-7-10-14-17/h17-18H,1-16H2. The second-order valence-electron chi connectivity index (χ2n) is 7.13. The lowest BCUT2D eigenvalue weighted by atomic mass is 9.98. The Morgan fingerprint density at radius 1 is 0.500 bits per heavy atom. The number of ether oxygens (including phenoxy) is 2. The molecule has 2 saturated carbocycles. The summed E-state index contributed by atoms with van der Waals surface area (Å²) in [4.78, 5) is 12.0. The van der Waals surface area contributed by atoms with Gasteiger partial charge < -0.3 is 9.47 Å². The molecule has 0 amide bonds. The van der Waals surface area contributed by atoms with E-state index in [0.717, 1.165) is 25.7 Å². The largest absolute Gasteiger partial charge is 0.508 e. The van der Waals surface area contributed by atoms with Crippen LogP contribution in [0.4, 0.5) is 4.79 Å². The van der Waals surface area contributed by atoms with Gasteiger partial charge in [-0.05, 0) is 51.4 Å². The maximum atomic E-state index is 12.0. The summed E-state index contributed by atoms with van der Waals surface area (Å²) >= 11 is 0. The molecule has 2 rings (SSSR count). The van der Waals surface area contributed by atoms with Crippen LogP contribution in [0.5, 0.6) is 0 Å². The van der Waals surface area contributed by atoms with E-state index in [0.29, 0.717) is 0 Å². The maximum absolute atomic E-state index is 12.0. The summed E-state index contributed by atoms with van der Waals surface area (Å²) < 4.78 is 11.1. The zero-order valence-corrected chi connectivity index (χ0v) is 14.2. The van der Waals surface area contributed by atoms with Crippen molar-refractivity contribution in [2.45, 2.75) is 115 Å². The van der Waals surface area contributed by atoms with Crippen LogP contribution in [-0.4, -0.2) is 18.4 Å². The van der Waals surface area contributed by atoms with Gasteiger partial charge in [-0.15, -0.1) is 0 Å². The molecular weight excluding hydrogens is 276 g/mol. The summed E-state index contributed by atoms with van der Waals surface area (Å²) in [5.41, 5.74) is 0. The average molecular weight is 310 g/mol. The third-order valence-corrected chi connectivity index (χ3v) is 5.13. The van der Waals surface area contributed by atoms with Crippen LogP contribution in [0.15, 0.2) is 0 Å². The third kappa shape index (κ3) is 7.51. The molecule has 3 nitrogen and oxygen atoms in total. The van der Waals surface area contributed by atoms with E-state index < -0.39 is 6.16 Å². The average Bonchev–Trinajstić information content (AvgIpc) is 2.51. The van der Waals surface area contributed by atoms with E-state index in [9.17, 15) is 4.79 Å². The lowest BCUT2D eigenvalue weighted by Gasteiger charge is -2.24. The summed E-state index contributed by atoms with van der Waals surface area (Å²) in [6.07, 6.45) is 19.2.